The van der Waals surface area contributed by atoms with Crippen molar-refractivity contribution in [2.24, 2.45) is 0 Å². The number of benzene rings is 1. The van der Waals surface area contributed by atoms with Crippen molar-refractivity contribution in [3.8, 4) is 0 Å². The van der Waals surface area contributed by atoms with Crippen LogP contribution in [0.1, 0.15) is 17.0 Å². The third-order valence-corrected chi connectivity index (χ3v) is 5.42. The van der Waals surface area contributed by atoms with Crippen molar-refractivity contribution in [3.05, 3.63) is 51.3 Å². The number of rotatable bonds is 4. The minimum absolute atomic E-state index is 0.0911. The van der Waals surface area contributed by atoms with Crippen LogP contribution < -0.4 is 0 Å². The van der Waals surface area contributed by atoms with Crippen LogP contribution in [0.15, 0.2) is 24.3 Å². The quantitative estimate of drug-likeness (QED) is 0.817. The number of carbonyl (C=O) groups is 1. The highest BCUT2D eigenvalue weighted by molar-refractivity contribution is 6.31. The molecule has 3 rings (SSSR count). The summed E-state index contributed by atoms with van der Waals surface area (Å²) in [5.41, 5.74) is 2.84. The van der Waals surface area contributed by atoms with Crippen molar-refractivity contribution in [2.75, 3.05) is 26.2 Å². The van der Waals surface area contributed by atoms with Gasteiger partial charge in [0.25, 0.3) is 0 Å². The molecule has 0 spiro atoms. The van der Waals surface area contributed by atoms with Crippen LogP contribution in [0.5, 0.6) is 0 Å². The first-order chi connectivity index (χ1) is 11.9. The molecule has 134 valence electrons. The largest absolute Gasteiger partial charge is 0.339 e. The fourth-order valence-electron chi connectivity index (χ4n) is 3.06. The third kappa shape index (κ3) is 4.35. The van der Waals surface area contributed by atoms with E-state index in [9.17, 15) is 4.79 Å². The summed E-state index contributed by atoms with van der Waals surface area (Å²) < 4.78 is 1.69. The minimum atomic E-state index is 0.0911. The minimum Gasteiger partial charge on any atom is -0.339 e. The van der Waals surface area contributed by atoms with Crippen LogP contribution in [-0.4, -0.2) is 51.7 Å². The van der Waals surface area contributed by atoms with Gasteiger partial charge in [-0.15, -0.1) is 0 Å². The molecule has 5 nitrogen and oxygen atoms in total. The number of aryl methyl sites for hydroxylation is 1. The molecule has 0 radical (unpaired) electrons. The Morgan fingerprint density at radius 1 is 1.08 bits per heavy atom. The maximum atomic E-state index is 12.5. The maximum absolute atomic E-state index is 12.5. The van der Waals surface area contributed by atoms with E-state index in [0.29, 0.717) is 5.02 Å². The smallest absolute Gasteiger partial charge is 0.244 e. The molecule has 1 aromatic heterocycles. The molecule has 2 aromatic rings. The number of piperazine rings is 1. The lowest BCUT2D eigenvalue weighted by molar-refractivity contribution is -0.133. The second-order valence-electron chi connectivity index (χ2n) is 6.43. The predicted octanol–water partition coefficient (Wildman–Crippen LogP) is 3.15. The van der Waals surface area contributed by atoms with E-state index < -0.39 is 0 Å². The molecule has 0 bridgehead atoms. The van der Waals surface area contributed by atoms with Gasteiger partial charge in [-0.2, -0.15) is 5.10 Å². The van der Waals surface area contributed by atoms with Gasteiger partial charge < -0.3 is 4.90 Å². The molecule has 25 heavy (non-hydrogen) atoms. The summed E-state index contributed by atoms with van der Waals surface area (Å²) in [4.78, 5) is 16.8. The summed E-state index contributed by atoms with van der Waals surface area (Å²) in [5.74, 6) is 0.0911. The van der Waals surface area contributed by atoms with Crippen molar-refractivity contribution < 1.29 is 4.79 Å². The number of hydrogen-bond donors (Lipinski definition) is 0. The molecule has 2 heterocycles. The number of hydrogen-bond acceptors (Lipinski definition) is 3. The summed E-state index contributed by atoms with van der Waals surface area (Å²) in [7, 11) is 0. The van der Waals surface area contributed by atoms with Crippen LogP contribution in [-0.2, 0) is 17.9 Å². The number of halogens is 2. The van der Waals surface area contributed by atoms with Crippen LogP contribution in [0.2, 0.25) is 10.0 Å². The van der Waals surface area contributed by atoms with Crippen molar-refractivity contribution in [3.63, 3.8) is 0 Å². The van der Waals surface area contributed by atoms with Gasteiger partial charge in [0, 0.05) is 37.7 Å². The number of amides is 1. The van der Waals surface area contributed by atoms with E-state index in [1.165, 1.54) is 5.56 Å². The Hall–Kier alpha value is -1.56. The lowest BCUT2D eigenvalue weighted by atomic mass is 10.2. The van der Waals surface area contributed by atoms with Crippen molar-refractivity contribution in [1.82, 2.24) is 19.6 Å². The van der Waals surface area contributed by atoms with Gasteiger partial charge in [0.1, 0.15) is 6.54 Å². The molecule has 0 saturated carbocycles. The molecule has 7 heteroatoms. The molecule has 0 unspecified atom stereocenters. The van der Waals surface area contributed by atoms with Crippen molar-refractivity contribution in [2.45, 2.75) is 26.9 Å². The molecule has 1 amide bonds. The van der Waals surface area contributed by atoms with E-state index in [4.69, 9.17) is 23.2 Å². The average molecular weight is 381 g/mol. The van der Waals surface area contributed by atoms with Crippen molar-refractivity contribution >= 4 is 29.1 Å². The highest BCUT2D eigenvalue weighted by Gasteiger charge is 2.22. The summed E-state index contributed by atoms with van der Waals surface area (Å²) in [6.45, 7) is 8.08. The van der Waals surface area contributed by atoms with Crippen molar-refractivity contribution in [1.29, 1.82) is 0 Å². The Morgan fingerprint density at radius 3 is 2.28 bits per heavy atom. The van der Waals surface area contributed by atoms with E-state index in [-0.39, 0.29) is 12.5 Å². The molecule has 0 N–H and O–H groups in total. The molecular formula is C18H22Cl2N4O. The van der Waals surface area contributed by atoms with E-state index in [1.54, 1.807) is 4.68 Å². The van der Waals surface area contributed by atoms with Gasteiger partial charge in [0.15, 0.2) is 0 Å². The monoisotopic (exact) mass is 380 g/mol. The first-order valence-corrected chi connectivity index (χ1v) is 9.13. The molecule has 0 aliphatic carbocycles. The lowest BCUT2D eigenvalue weighted by Crippen LogP contribution is -2.49. The van der Waals surface area contributed by atoms with Crippen LogP contribution >= 0.6 is 23.2 Å². The molecular weight excluding hydrogens is 359 g/mol. The number of nitrogens with zero attached hydrogens (tertiary/aromatic N) is 4. The fourth-order valence-corrected chi connectivity index (χ4v) is 3.32. The molecule has 1 aliphatic rings. The Bertz CT molecular complexity index is 749. The normalized spacial score (nSPS) is 15.6. The van der Waals surface area contributed by atoms with Gasteiger partial charge in [-0.3, -0.25) is 14.4 Å². The predicted molar refractivity (Wildman–Crippen MR) is 100 cm³/mol. The highest BCUT2D eigenvalue weighted by atomic mass is 35.5. The van der Waals surface area contributed by atoms with E-state index in [1.807, 2.05) is 43.0 Å². The molecule has 1 aromatic carbocycles. The van der Waals surface area contributed by atoms with Gasteiger partial charge in [-0.05, 0) is 31.5 Å². The zero-order valence-corrected chi connectivity index (χ0v) is 16.0. The first-order valence-electron chi connectivity index (χ1n) is 8.38. The summed E-state index contributed by atoms with van der Waals surface area (Å²) >= 11 is 12.1. The second kappa shape index (κ2) is 7.77. The zero-order valence-electron chi connectivity index (χ0n) is 14.5. The second-order valence-corrected chi connectivity index (χ2v) is 7.24. The summed E-state index contributed by atoms with van der Waals surface area (Å²) in [5, 5.41) is 5.73. The number of aromatic nitrogens is 2. The SMILES string of the molecule is Cc1nn(CC(=O)N2CCN(Cc3ccc(Cl)cc3)CC2)c(C)c1Cl. The van der Waals surface area contributed by atoms with Gasteiger partial charge in [-0.1, -0.05) is 35.3 Å². The lowest BCUT2D eigenvalue weighted by Gasteiger charge is -2.34. The van der Waals surface area contributed by atoms with E-state index in [0.717, 1.165) is 49.1 Å². The first kappa shape index (κ1) is 18.2. The summed E-state index contributed by atoms with van der Waals surface area (Å²) in [6, 6.07) is 7.92. The molecule has 1 fully saturated rings. The fraction of sp³-hybridized carbons (Fsp3) is 0.444. The molecule has 0 atom stereocenters. The molecule has 1 saturated heterocycles. The van der Waals surface area contributed by atoms with Crippen LogP contribution in [0.4, 0.5) is 0 Å². The Morgan fingerprint density at radius 2 is 1.72 bits per heavy atom. The van der Waals surface area contributed by atoms with Crippen LogP contribution in [0.25, 0.3) is 0 Å². The standard InChI is InChI=1S/C18H22Cl2N4O/c1-13-18(20)14(2)24(21-13)12-17(25)23-9-7-22(8-10-23)11-15-3-5-16(19)6-4-15/h3-6H,7-12H2,1-2H3. The topological polar surface area (TPSA) is 41.4 Å². The Labute approximate surface area is 158 Å². The third-order valence-electron chi connectivity index (χ3n) is 4.62. The van der Waals surface area contributed by atoms with Crippen LogP contribution in [0, 0.1) is 13.8 Å². The number of carbonyl (C=O) groups excluding carboxylic acids is 1. The van der Waals surface area contributed by atoms with E-state index in [2.05, 4.69) is 10.00 Å². The van der Waals surface area contributed by atoms with Gasteiger partial charge in [0.2, 0.25) is 5.91 Å². The highest BCUT2D eigenvalue weighted by Crippen LogP contribution is 2.19. The Balaban J connectivity index is 1.52. The van der Waals surface area contributed by atoms with Gasteiger partial charge in [0.05, 0.1) is 16.4 Å². The molecule has 1 aliphatic heterocycles. The summed E-state index contributed by atoms with van der Waals surface area (Å²) in [6.07, 6.45) is 0. The van der Waals surface area contributed by atoms with Crippen LogP contribution in [0.3, 0.4) is 0 Å². The maximum Gasteiger partial charge on any atom is 0.244 e. The zero-order chi connectivity index (χ0) is 18.0. The van der Waals surface area contributed by atoms with Gasteiger partial charge in [-0.25, -0.2) is 0 Å². The average Bonchev–Trinajstić information content (AvgIpc) is 2.84. The van der Waals surface area contributed by atoms with Gasteiger partial charge >= 0.3 is 0 Å². The van der Waals surface area contributed by atoms with E-state index >= 15 is 0 Å². The Kier molecular flexibility index (Phi) is 5.67.